The largest absolute Gasteiger partial charge is 0.464 e. The van der Waals surface area contributed by atoms with Gasteiger partial charge in [-0.15, -0.1) is 0 Å². The maximum absolute atomic E-state index is 14.0. The monoisotopic (exact) mass is 792 g/mol. The number of amides is 5. The Bertz CT molecular complexity index is 1560. The van der Waals surface area contributed by atoms with E-state index in [0.717, 1.165) is 38.0 Å². The van der Waals surface area contributed by atoms with Crippen molar-refractivity contribution in [3.05, 3.63) is 66.2 Å². The summed E-state index contributed by atoms with van der Waals surface area (Å²) in [6.45, 7) is 5.80. The van der Waals surface area contributed by atoms with Crippen LogP contribution in [0.4, 0.5) is 10.5 Å². The molecule has 3 fully saturated rings. The third-order valence-electron chi connectivity index (χ3n) is 10.8. The molecular formula is C42H60N6O7S. The number of anilines is 1. The van der Waals surface area contributed by atoms with Gasteiger partial charge < -0.3 is 35.6 Å². The van der Waals surface area contributed by atoms with Gasteiger partial charge in [0.1, 0.15) is 5.54 Å². The number of para-hydroxylation sites is 1. The molecule has 0 bridgehead atoms. The van der Waals surface area contributed by atoms with Gasteiger partial charge in [-0.1, -0.05) is 61.9 Å². The second-order valence-corrected chi connectivity index (χ2v) is 16.1. The van der Waals surface area contributed by atoms with Crippen LogP contribution in [-0.4, -0.2) is 116 Å². The lowest BCUT2D eigenvalue weighted by atomic mass is 9.84. The van der Waals surface area contributed by atoms with Crippen molar-refractivity contribution in [3.8, 4) is 0 Å². The second kappa shape index (κ2) is 22.6. The van der Waals surface area contributed by atoms with Gasteiger partial charge in [0.2, 0.25) is 17.7 Å². The van der Waals surface area contributed by atoms with Gasteiger partial charge in [0.05, 0.1) is 25.3 Å². The van der Waals surface area contributed by atoms with Gasteiger partial charge in [0, 0.05) is 75.3 Å². The molecule has 3 aliphatic heterocycles. The Morgan fingerprint density at radius 3 is 2.29 bits per heavy atom. The lowest BCUT2D eigenvalue weighted by Crippen LogP contribution is -2.63. The van der Waals surface area contributed by atoms with Crippen LogP contribution in [0.1, 0.15) is 76.7 Å². The third kappa shape index (κ3) is 12.7. The average Bonchev–Trinajstić information content (AvgIpc) is 3.78. The van der Waals surface area contributed by atoms with Crippen molar-refractivity contribution >= 4 is 47.2 Å². The number of ether oxygens (including phenoxy) is 2. The zero-order valence-corrected chi connectivity index (χ0v) is 33.6. The van der Waals surface area contributed by atoms with E-state index in [1.807, 2.05) is 67.2 Å². The Morgan fingerprint density at radius 2 is 1.55 bits per heavy atom. The minimum absolute atomic E-state index is 0.0359. The highest BCUT2D eigenvalue weighted by Gasteiger charge is 2.50. The number of esters is 1. The van der Waals surface area contributed by atoms with Gasteiger partial charge in [-0.2, -0.15) is 11.8 Å². The van der Waals surface area contributed by atoms with Crippen LogP contribution in [-0.2, 0) is 35.1 Å². The number of unbranched alkanes of at least 4 members (excludes halogenated alkanes) is 1. The predicted molar refractivity (Wildman–Crippen MR) is 218 cm³/mol. The normalized spacial score (nSPS) is 20.0. The molecule has 3 saturated heterocycles. The lowest BCUT2D eigenvalue weighted by Gasteiger charge is -2.46. The van der Waals surface area contributed by atoms with Gasteiger partial charge in [0.25, 0.3) is 0 Å². The van der Waals surface area contributed by atoms with Crippen molar-refractivity contribution in [3.63, 3.8) is 0 Å². The molecule has 3 aliphatic rings. The number of hydrogen-bond acceptors (Lipinski definition) is 9. The lowest BCUT2D eigenvalue weighted by molar-refractivity contribution is -0.154. The molecule has 306 valence electrons. The Balaban J connectivity index is 0.938. The van der Waals surface area contributed by atoms with E-state index < -0.39 is 11.5 Å². The second-order valence-electron chi connectivity index (χ2n) is 14.8. The quantitative estimate of drug-likeness (QED) is 0.0736. The van der Waals surface area contributed by atoms with Crippen molar-refractivity contribution in [2.24, 2.45) is 0 Å². The number of fused-ring (bicyclic) bond motifs is 1. The van der Waals surface area contributed by atoms with E-state index in [-0.39, 0.29) is 55.3 Å². The SMILES string of the molecule is CCC(=O)N(c1ccccc1)C1(C(=O)OCCCC(=O)NCCOCCCNC(=O)CCCC[C@@H]2SC[C@@H]3NC(=O)N[C@@H]32)CCN(CCc2ccccc2)CC1. The Morgan fingerprint density at radius 1 is 0.857 bits per heavy atom. The topological polar surface area (TPSA) is 158 Å². The number of carbonyl (C=O) groups is 5. The predicted octanol–water partition coefficient (Wildman–Crippen LogP) is 4.20. The fraction of sp³-hybridized carbons (Fsp3) is 0.595. The van der Waals surface area contributed by atoms with Crippen LogP contribution in [0.3, 0.4) is 0 Å². The first-order chi connectivity index (χ1) is 27.3. The Labute approximate surface area is 335 Å². The van der Waals surface area contributed by atoms with Crippen LogP contribution in [0.25, 0.3) is 0 Å². The summed E-state index contributed by atoms with van der Waals surface area (Å²) in [6, 6.07) is 20.0. The zero-order valence-electron chi connectivity index (χ0n) is 32.8. The molecule has 0 unspecified atom stereocenters. The van der Waals surface area contributed by atoms with E-state index in [1.165, 1.54) is 5.56 Å². The smallest absolute Gasteiger partial charge is 0.332 e. The summed E-state index contributed by atoms with van der Waals surface area (Å²) in [7, 11) is 0. The number of carbonyl (C=O) groups excluding carboxylic acids is 5. The fourth-order valence-corrected chi connectivity index (χ4v) is 9.26. The molecule has 0 radical (unpaired) electrons. The Hall–Kier alpha value is -4.14. The van der Waals surface area contributed by atoms with Crippen molar-refractivity contribution in [1.82, 2.24) is 26.2 Å². The minimum atomic E-state index is -1.13. The highest BCUT2D eigenvalue weighted by Crippen LogP contribution is 2.36. The number of likely N-dealkylation sites (tertiary alicyclic amines) is 1. The molecule has 3 heterocycles. The molecule has 56 heavy (non-hydrogen) atoms. The summed E-state index contributed by atoms with van der Waals surface area (Å²) in [5, 5.41) is 12.2. The fourth-order valence-electron chi connectivity index (χ4n) is 7.71. The van der Waals surface area contributed by atoms with Crippen LogP contribution >= 0.6 is 11.8 Å². The van der Waals surface area contributed by atoms with E-state index in [0.29, 0.717) is 82.4 Å². The zero-order chi connectivity index (χ0) is 39.6. The summed E-state index contributed by atoms with van der Waals surface area (Å²) in [5.41, 5.74) is 0.814. The number of nitrogens with zero attached hydrogens (tertiary/aromatic N) is 2. The standard InChI is InChI=1S/C42H60N6O7S/c1-2-38(51)48(33-15-7-4-8-16-33)42(21-26-47(27-22-42)25-20-32-13-5-3-6-14-32)40(52)55-29-11-19-37(50)44-24-30-54-28-12-23-43-36(49)18-10-9-17-35-39-34(31-56-35)45-41(53)46-39/h3-8,13-16,34-35,39H,2,9-12,17-31H2,1H3,(H,43,49)(H,44,50)(H2,45,46,53)/t34-,35-,39-/m0/s1. The highest BCUT2D eigenvalue weighted by atomic mass is 32.2. The van der Waals surface area contributed by atoms with Crippen molar-refractivity contribution in [2.75, 3.05) is 63.2 Å². The first-order valence-electron chi connectivity index (χ1n) is 20.4. The van der Waals surface area contributed by atoms with Crippen LogP contribution in [0.15, 0.2) is 60.7 Å². The van der Waals surface area contributed by atoms with Gasteiger partial charge in [-0.25, -0.2) is 9.59 Å². The van der Waals surface area contributed by atoms with Crippen molar-refractivity contribution in [2.45, 2.75) is 100 Å². The minimum Gasteiger partial charge on any atom is -0.464 e. The summed E-state index contributed by atoms with van der Waals surface area (Å²) in [5.74, 6) is 0.275. The number of piperidine rings is 1. The third-order valence-corrected chi connectivity index (χ3v) is 12.3. The van der Waals surface area contributed by atoms with Crippen LogP contribution in [0.5, 0.6) is 0 Å². The van der Waals surface area contributed by atoms with Gasteiger partial charge in [0.15, 0.2) is 0 Å². The average molecular weight is 793 g/mol. The van der Waals surface area contributed by atoms with Crippen LogP contribution in [0.2, 0.25) is 0 Å². The molecule has 0 aliphatic carbocycles. The molecule has 14 heteroatoms. The summed E-state index contributed by atoms with van der Waals surface area (Å²) in [6.07, 6.45) is 6.57. The number of urea groups is 1. The van der Waals surface area contributed by atoms with Crippen LogP contribution < -0.4 is 26.2 Å². The van der Waals surface area contributed by atoms with E-state index in [4.69, 9.17) is 9.47 Å². The first kappa shape index (κ1) is 43.0. The molecule has 13 nitrogen and oxygen atoms in total. The van der Waals surface area contributed by atoms with E-state index in [2.05, 4.69) is 38.3 Å². The number of hydrogen-bond donors (Lipinski definition) is 4. The number of benzene rings is 2. The van der Waals surface area contributed by atoms with Gasteiger partial charge >= 0.3 is 12.0 Å². The number of thioether (sulfide) groups is 1. The molecule has 5 amide bonds. The molecule has 4 N–H and O–H groups in total. The summed E-state index contributed by atoms with van der Waals surface area (Å²) >= 11 is 1.89. The van der Waals surface area contributed by atoms with E-state index in [9.17, 15) is 24.0 Å². The first-order valence-corrected chi connectivity index (χ1v) is 21.5. The van der Waals surface area contributed by atoms with E-state index in [1.54, 1.807) is 4.90 Å². The summed E-state index contributed by atoms with van der Waals surface area (Å²) in [4.78, 5) is 67.7. The number of rotatable bonds is 23. The molecule has 2 aromatic rings. The van der Waals surface area contributed by atoms with Crippen LogP contribution in [0, 0.1) is 0 Å². The van der Waals surface area contributed by atoms with E-state index >= 15 is 0 Å². The molecule has 0 spiro atoms. The molecule has 5 rings (SSSR count). The van der Waals surface area contributed by atoms with Gasteiger partial charge in [-0.05, 0) is 62.6 Å². The molecule has 0 aromatic heterocycles. The molecule has 2 aromatic carbocycles. The highest BCUT2D eigenvalue weighted by molar-refractivity contribution is 8.00. The molecular weight excluding hydrogens is 733 g/mol. The van der Waals surface area contributed by atoms with Gasteiger partial charge in [-0.3, -0.25) is 19.3 Å². The summed E-state index contributed by atoms with van der Waals surface area (Å²) < 4.78 is 11.5. The van der Waals surface area contributed by atoms with Crippen molar-refractivity contribution in [1.29, 1.82) is 0 Å². The van der Waals surface area contributed by atoms with Crippen molar-refractivity contribution < 1.29 is 33.4 Å². The Kier molecular flexibility index (Phi) is 17.3. The molecule has 0 saturated carbocycles. The maximum atomic E-state index is 14.0. The maximum Gasteiger partial charge on any atom is 0.332 e. The molecule has 3 atom stereocenters. The number of nitrogens with one attached hydrogen (secondary N) is 4.